The van der Waals surface area contributed by atoms with Gasteiger partial charge in [0.1, 0.15) is 5.75 Å². The molecule has 0 bridgehead atoms. The molecule has 0 spiro atoms. The summed E-state index contributed by atoms with van der Waals surface area (Å²) in [5, 5.41) is 6.77. The van der Waals surface area contributed by atoms with Crippen molar-refractivity contribution < 1.29 is 14.1 Å². The minimum atomic E-state index is -0.252. The zero-order chi connectivity index (χ0) is 19.0. The topological polar surface area (TPSA) is 93.4 Å². The molecule has 0 aromatic carbocycles. The van der Waals surface area contributed by atoms with Gasteiger partial charge in [-0.05, 0) is 46.1 Å². The van der Waals surface area contributed by atoms with Crippen LogP contribution in [0.15, 0.2) is 10.7 Å². The summed E-state index contributed by atoms with van der Waals surface area (Å²) < 4.78 is 10.9. The second-order valence-corrected chi connectivity index (χ2v) is 7.38. The van der Waals surface area contributed by atoms with E-state index in [0.29, 0.717) is 12.4 Å². The maximum atomic E-state index is 12.1. The van der Waals surface area contributed by atoms with Gasteiger partial charge in [0, 0.05) is 29.9 Å². The van der Waals surface area contributed by atoms with Crippen molar-refractivity contribution in [1.82, 2.24) is 25.3 Å². The zero-order valence-corrected chi connectivity index (χ0v) is 16.0. The number of carbonyl (C=O) groups excluding carboxylic acids is 1. The molecule has 2 aromatic heterocycles. The highest BCUT2D eigenvalue weighted by Gasteiger charge is 2.33. The minimum absolute atomic E-state index is 0.00785. The molecule has 27 heavy (non-hydrogen) atoms. The average molecular weight is 371 g/mol. The molecular weight excluding hydrogens is 346 g/mol. The van der Waals surface area contributed by atoms with E-state index in [0.717, 1.165) is 54.8 Å². The number of hydrogen-bond donors (Lipinski definition) is 1. The highest BCUT2D eigenvalue weighted by Crippen LogP contribution is 2.33. The molecule has 3 heterocycles. The number of ether oxygens (including phenoxy) is 1. The van der Waals surface area contributed by atoms with Gasteiger partial charge < -0.3 is 14.6 Å². The maximum Gasteiger partial charge on any atom is 0.292 e. The average Bonchev–Trinajstić information content (AvgIpc) is 3.14. The molecule has 2 fully saturated rings. The SMILES string of the molecule is COc1c(C)cnc(CN2CCC[C@@H]2c2nc(C(=O)NC3CC3)no2)c1C. The van der Waals surface area contributed by atoms with E-state index in [9.17, 15) is 4.79 Å². The van der Waals surface area contributed by atoms with E-state index in [1.54, 1.807) is 7.11 Å². The molecule has 1 N–H and O–H groups in total. The molecule has 1 amide bonds. The van der Waals surface area contributed by atoms with Crippen LogP contribution in [0.2, 0.25) is 0 Å². The van der Waals surface area contributed by atoms with Gasteiger partial charge in [0.05, 0.1) is 18.8 Å². The third kappa shape index (κ3) is 3.66. The molecule has 4 rings (SSSR count). The number of rotatable bonds is 6. The summed E-state index contributed by atoms with van der Waals surface area (Å²) in [4.78, 5) is 23.3. The monoisotopic (exact) mass is 371 g/mol. The van der Waals surface area contributed by atoms with Crippen molar-refractivity contribution in [2.45, 2.75) is 58.2 Å². The fraction of sp³-hybridized carbons (Fsp3) is 0.579. The van der Waals surface area contributed by atoms with Crippen molar-refractivity contribution in [2.24, 2.45) is 0 Å². The zero-order valence-electron chi connectivity index (χ0n) is 16.0. The van der Waals surface area contributed by atoms with Gasteiger partial charge in [-0.3, -0.25) is 14.7 Å². The van der Waals surface area contributed by atoms with Crippen LogP contribution in [0.1, 0.15) is 65.1 Å². The van der Waals surface area contributed by atoms with Crippen molar-refractivity contribution in [1.29, 1.82) is 0 Å². The number of pyridine rings is 1. The Hall–Kier alpha value is -2.48. The Bertz CT molecular complexity index is 846. The van der Waals surface area contributed by atoms with E-state index >= 15 is 0 Å². The first-order valence-electron chi connectivity index (χ1n) is 9.44. The Labute approximate surface area is 158 Å². The number of likely N-dealkylation sites (tertiary alicyclic amines) is 1. The van der Waals surface area contributed by atoms with E-state index in [2.05, 4.69) is 25.3 Å². The Balaban J connectivity index is 1.50. The lowest BCUT2D eigenvalue weighted by atomic mass is 10.1. The predicted molar refractivity (Wildman–Crippen MR) is 97.4 cm³/mol. The van der Waals surface area contributed by atoms with E-state index < -0.39 is 0 Å². The molecule has 0 radical (unpaired) electrons. The van der Waals surface area contributed by atoms with Crippen molar-refractivity contribution >= 4 is 5.91 Å². The lowest BCUT2D eigenvalue weighted by molar-refractivity contribution is 0.0937. The smallest absolute Gasteiger partial charge is 0.292 e. The first-order chi connectivity index (χ1) is 13.1. The van der Waals surface area contributed by atoms with E-state index in [4.69, 9.17) is 9.26 Å². The highest BCUT2D eigenvalue weighted by atomic mass is 16.5. The first kappa shape index (κ1) is 17.9. The molecule has 2 aromatic rings. The van der Waals surface area contributed by atoms with Gasteiger partial charge >= 0.3 is 0 Å². The number of amides is 1. The number of aryl methyl sites for hydroxylation is 1. The largest absolute Gasteiger partial charge is 0.496 e. The van der Waals surface area contributed by atoms with Crippen molar-refractivity contribution in [3.05, 3.63) is 34.7 Å². The van der Waals surface area contributed by atoms with Crippen LogP contribution < -0.4 is 10.1 Å². The van der Waals surface area contributed by atoms with Gasteiger partial charge in [-0.2, -0.15) is 4.98 Å². The summed E-state index contributed by atoms with van der Waals surface area (Å²) in [5.74, 6) is 1.26. The number of nitrogens with zero attached hydrogens (tertiary/aromatic N) is 4. The lowest BCUT2D eigenvalue weighted by Crippen LogP contribution is -2.27. The fourth-order valence-corrected chi connectivity index (χ4v) is 3.66. The fourth-order valence-electron chi connectivity index (χ4n) is 3.66. The Morgan fingerprint density at radius 1 is 1.37 bits per heavy atom. The molecule has 1 aliphatic heterocycles. The molecule has 1 aliphatic carbocycles. The predicted octanol–water partition coefficient (Wildman–Crippen LogP) is 2.32. The summed E-state index contributed by atoms with van der Waals surface area (Å²) >= 11 is 0. The van der Waals surface area contributed by atoms with Gasteiger partial charge in [0.25, 0.3) is 11.7 Å². The summed E-state index contributed by atoms with van der Waals surface area (Å²) in [7, 11) is 1.68. The maximum absolute atomic E-state index is 12.1. The van der Waals surface area contributed by atoms with Crippen molar-refractivity contribution in [3.63, 3.8) is 0 Å². The van der Waals surface area contributed by atoms with Crippen LogP contribution >= 0.6 is 0 Å². The number of aromatic nitrogens is 3. The highest BCUT2D eigenvalue weighted by molar-refractivity contribution is 5.90. The van der Waals surface area contributed by atoms with Gasteiger partial charge in [-0.15, -0.1) is 0 Å². The Morgan fingerprint density at radius 3 is 2.93 bits per heavy atom. The molecule has 144 valence electrons. The molecule has 1 atom stereocenters. The van der Waals surface area contributed by atoms with Crippen LogP contribution in [-0.4, -0.2) is 45.6 Å². The molecule has 1 saturated carbocycles. The molecule has 2 aliphatic rings. The summed E-state index contributed by atoms with van der Waals surface area (Å²) in [6.07, 6.45) is 5.87. The molecular formula is C19H25N5O3. The van der Waals surface area contributed by atoms with Crippen molar-refractivity contribution in [2.75, 3.05) is 13.7 Å². The first-order valence-corrected chi connectivity index (χ1v) is 9.44. The quantitative estimate of drug-likeness (QED) is 0.833. The molecule has 1 saturated heterocycles. The van der Waals surface area contributed by atoms with Crippen LogP contribution in [0.3, 0.4) is 0 Å². The van der Waals surface area contributed by atoms with Crippen molar-refractivity contribution in [3.8, 4) is 5.75 Å². The van der Waals surface area contributed by atoms with Gasteiger partial charge in [-0.1, -0.05) is 5.16 Å². The second-order valence-electron chi connectivity index (χ2n) is 7.38. The van der Waals surface area contributed by atoms with Gasteiger partial charge in [0.15, 0.2) is 0 Å². The van der Waals surface area contributed by atoms with Crippen LogP contribution in [0.5, 0.6) is 5.75 Å². The molecule has 8 nitrogen and oxygen atoms in total. The van der Waals surface area contributed by atoms with Gasteiger partial charge in [-0.25, -0.2) is 0 Å². The number of methoxy groups -OCH3 is 1. The second kappa shape index (κ2) is 7.26. The van der Waals surface area contributed by atoms with Crippen LogP contribution in [-0.2, 0) is 6.54 Å². The van der Waals surface area contributed by atoms with Gasteiger partial charge in [0.2, 0.25) is 5.89 Å². The normalized spacial score (nSPS) is 20.0. The standard InChI is InChI=1S/C19H25N5O3/c1-11-9-20-14(12(2)16(11)26-3)10-24-8-4-5-15(24)19-22-17(23-27-19)18(25)21-13-6-7-13/h9,13,15H,4-8,10H2,1-3H3,(H,21,25)/t15-/m1/s1. The number of carbonyl (C=O) groups is 1. The number of hydrogen-bond acceptors (Lipinski definition) is 7. The van der Waals surface area contributed by atoms with Crippen LogP contribution in [0.25, 0.3) is 0 Å². The Kier molecular flexibility index (Phi) is 4.82. The summed E-state index contributed by atoms with van der Waals surface area (Å²) in [5.41, 5.74) is 3.06. The molecule has 8 heteroatoms. The van der Waals surface area contributed by atoms with E-state index in [1.807, 2.05) is 20.0 Å². The lowest BCUT2D eigenvalue weighted by Gasteiger charge is -2.22. The summed E-state index contributed by atoms with van der Waals surface area (Å²) in [6.45, 7) is 5.63. The number of nitrogens with one attached hydrogen (secondary N) is 1. The van der Waals surface area contributed by atoms with E-state index in [1.165, 1.54) is 0 Å². The third-order valence-corrected chi connectivity index (χ3v) is 5.31. The minimum Gasteiger partial charge on any atom is -0.496 e. The third-order valence-electron chi connectivity index (χ3n) is 5.31. The van der Waals surface area contributed by atoms with Crippen LogP contribution in [0, 0.1) is 13.8 Å². The summed E-state index contributed by atoms with van der Waals surface area (Å²) in [6, 6.07) is 0.279. The van der Waals surface area contributed by atoms with Crippen LogP contribution in [0.4, 0.5) is 0 Å². The molecule has 0 unspecified atom stereocenters. The van der Waals surface area contributed by atoms with E-state index in [-0.39, 0.29) is 23.8 Å². The Morgan fingerprint density at radius 2 is 2.19 bits per heavy atom.